The second-order valence-electron chi connectivity index (χ2n) is 4.33. The number of hydrogen-bond acceptors (Lipinski definition) is 2. The number of halogens is 1. The van der Waals surface area contributed by atoms with E-state index in [4.69, 9.17) is 0 Å². The van der Waals surface area contributed by atoms with E-state index in [0.717, 1.165) is 12.1 Å². The molecule has 0 saturated carbocycles. The minimum Gasteiger partial charge on any atom is -0.377 e. The molecular weight excluding hydrogens is 227 g/mol. The van der Waals surface area contributed by atoms with Crippen molar-refractivity contribution in [3.63, 3.8) is 0 Å². The van der Waals surface area contributed by atoms with Crippen LogP contribution in [-0.2, 0) is 6.42 Å². The molecule has 2 aromatic rings. The summed E-state index contributed by atoms with van der Waals surface area (Å²) in [6.07, 6.45) is 2.55. The maximum absolute atomic E-state index is 12.7. The molecule has 1 heterocycles. The molecule has 18 heavy (non-hydrogen) atoms. The predicted molar refractivity (Wildman–Crippen MR) is 72.1 cm³/mol. The third-order valence-electron chi connectivity index (χ3n) is 3.00. The van der Waals surface area contributed by atoms with E-state index in [0.29, 0.717) is 0 Å². The van der Waals surface area contributed by atoms with Gasteiger partial charge in [0.25, 0.3) is 0 Å². The van der Waals surface area contributed by atoms with Crippen molar-refractivity contribution >= 4 is 5.69 Å². The molecule has 0 bridgehead atoms. The van der Waals surface area contributed by atoms with Gasteiger partial charge in [0.2, 0.25) is 5.95 Å². The molecule has 2 rings (SSSR count). The summed E-state index contributed by atoms with van der Waals surface area (Å²) in [6, 6.07) is 11.7. The summed E-state index contributed by atoms with van der Waals surface area (Å²) in [5.74, 6) is -0.458. The van der Waals surface area contributed by atoms with E-state index in [2.05, 4.69) is 48.4 Å². The number of aromatic nitrogens is 1. The molecule has 0 aliphatic carbocycles. The van der Waals surface area contributed by atoms with Crippen LogP contribution in [0.25, 0.3) is 0 Å². The Morgan fingerprint density at radius 3 is 2.44 bits per heavy atom. The van der Waals surface area contributed by atoms with Gasteiger partial charge >= 0.3 is 0 Å². The van der Waals surface area contributed by atoms with Gasteiger partial charge in [-0.15, -0.1) is 0 Å². The van der Waals surface area contributed by atoms with Crippen LogP contribution in [-0.4, -0.2) is 4.98 Å². The Labute approximate surface area is 107 Å². The molecule has 0 radical (unpaired) electrons. The molecule has 0 amide bonds. The van der Waals surface area contributed by atoms with Gasteiger partial charge in [0.05, 0.1) is 11.9 Å². The first kappa shape index (κ1) is 12.6. The lowest BCUT2D eigenvalue weighted by Gasteiger charge is -2.15. The van der Waals surface area contributed by atoms with Crippen molar-refractivity contribution in [2.45, 2.75) is 26.3 Å². The third-order valence-corrected chi connectivity index (χ3v) is 3.00. The van der Waals surface area contributed by atoms with Crippen molar-refractivity contribution in [1.82, 2.24) is 4.98 Å². The van der Waals surface area contributed by atoms with Crippen LogP contribution in [0.1, 0.15) is 31.0 Å². The summed E-state index contributed by atoms with van der Waals surface area (Å²) < 4.78 is 12.7. The zero-order valence-electron chi connectivity index (χ0n) is 10.7. The molecule has 0 aliphatic rings. The van der Waals surface area contributed by atoms with Crippen LogP contribution in [0.15, 0.2) is 42.6 Å². The standard InChI is InChI=1S/C15H17FN2/c1-3-12-4-6-13(7-5-12)11(2)18-14-8-9-15(16)17-10-14/h4-11,18H,3H2,1-2H3. The van der Waals surface area contributed by atoms with Crippen LogP contribution in [0.5, 0.6) is 0 Å². The Kier molecular flexibility index (Phi) is 3.92. The number of benzene rings is 1. The lowest BCUT2D eigenvalue weighted by Crippen LogP contribution is -2.07. The lowest BCUT2D eigenvalue weighted by molar-refractivity contribution is 0.584. The van der Waals surface area contributed by atoms with Crippen molar-refractivity contribution in [2.75, 3.05) is 5.32 Å². The Morgan fingerprint density at radius 2 is 1.89 bits per heavy atom. The van der Waals surface area contributed by atoms with Crippen LogP contribution in [0.4, 0.5) is 10.1 Å². The highest BCUT2D eigenvalue weighted by molar-refractivity contribution is 5.43. The summed E-state index contributed by atoms with van der Waals surface area (Å²) in [5.41, 5.74) is 3.36. The van der Waals surface area contributed by atoms with E-state index in [1.54, 1.807) is 6.07 Å². The van der Waals surface area contributed by atoms with E-state index < -0.39 is 5.95 Å². The number of aryl methyl sites for hydroxylation is 1. The minimum atomic E-state index is -0.458. The predicted octanol–water partition coefficient (Wildman–Crippen LogP) is 3.96. The Morgan fingerprint density at radius 1 is 1.17 bits per heavy atom. The van der Waals surface area contributed by atoms with Gasteiger partial charge in [-0.05, 0) is 36.6 Å². The molecule has 1 atom stereocenters. The minimum absolute atomic E-state index is 0.170. The first-order chi connectivity index (χ1) is 8.69. The molecule has 94 valence electrons. The second kappa shape index (κ2) is 5.63. The summed E-state index contributed by atoms with van der Waals surface area (Å²) in [4.78, 5) is 3.62. The molecule has 1 aromatic heterocycles. The molecule has 2 nitrogen and oxygen atoms in total. The zero-order valence-corrected chi connectivity index (χ0v) is 10.7. The highest BCUT2D eigenvalue weighted by Crippen LogP contribution is 2.19. The molecule has 0 spiro atoms. The van der Waals surface area contributed by atoms with E-state index in [-0.39, 0.29) is 6.04 Å². The lowest BCUT2D eigenvalue weighted by atomic mass is 10.0. The number of pyridine rings is 1. The molecule has 0 aliphatic heterocycles. The molecule has 0 saturated heterocycles. The molecule has 1 aromatic carbocycles. The highest BCUT2D eigenvalue weighted by Gasteiger charge is 2.05. The fourth-order valence-electron chi connectivity index (χ4n) is 1.84. The van der Waals surface area contributed by atoms with Crippen LogP contribution >= 0.6 is 0 Å². The van der Waals surface area contributed by atoms with Crippen molar-refractivity contribution < 1.29 is 4.39 Å². The quantitative estimate of drug-likeness (QED) is 0.823. The number of rotatable bonds is 4. The largest absolute Gasteiger partial charge is 0.377 e. The maximum atomic E-state index is 12.7. The number of nitrogens with one attached hydrogen (secondary N) is 1. The molecule has 3 heteroatoms. The maximum Gasteiger partial charge on any atom is 0.212 e. The molecule has 1 unspecified atom stereocenters. The Balaban J connectivity index is 2.06. The molecular formula is C15H17FN2. The monoisotopic (exact) mass is 244 g/mol. The normalized spacial score (nSPS) is 12.2. The third kappa shape index (κ3) is 3.06. The van der Waals surface area contributed by atoms with Crippen LogP contribution in [0, 0.1) is 5.95 Å². The average molecular weight is 244 g/mol. The molecule has 0 fully saturated rings. The van der Waals surface area contributed by atoms with E-state index in [9.17, 15) is 4.39 Å². The summed E-state index contributed by atoms with van der Waals surface area (Å²) in [7, 11) is 0. The van der Waals surface area contributed by atoms with Crippen molar-refractivity contribution in [1.29, 1.82) is 0 Å². The highest BCUT2D eigenvalue weighted by atomic mass is 19.1. The topological polar surface area (TPSA) is 24.9 Å². The van der Waals surface area contributed by atoms with Crippen LogP contribution in [0.2, 0.25) is 0 Å². The fourth-order valence-corrected chi connectivity index (χ4v) is 1.84. The van der Waals surface area contributed by atoms with Gasteiger partial charge in [-0.3, -0.25) is 0 Å². The van der Waals surface area contributed by atoms with E-state index >= 15 is 0 Å². The van der Waals surface area contributed by atoms with Crippen molar-refractivity contribution in [2.24, 2.45) is 0 Å². The fraction of sp³-hybridized carbons (Fsp3) is 0.267. The summed E-state index contributed by atoms with van der Waals surface area (Å²) in [6.45, 7) is 4.21. The summed E-state index contributed by atoms with van der Waals surface area (Å²) in [5, 5.41) is 3.29. The Hall–Kier alpha value is -1.90. The molecule has 1 N–H and O–H groups in total. The number of anilines is 1. The van der Waals surface area contributed by atoms with Crippen molar-refractivity contribution in [3.05, 3.63) is 59.7 Å². The van der Waals surface area contributed by atoms with Gasteiger partial charge in [0.1, 0.15) is 0 Å². The van der Waals surface area contributed by atoms with E-state index in [1.165, 1.54) is 23.4 Å². The van der Waals surface area contributed by atoms with Crippen LogP contribution < -0.4 is 5.32 Å². The van der Waals surface area contributed by atoms with Gasteiger partial charge in [-0.2, -0.15) is 4.39 Å². The number of hydrogen-bond donors (Lipinski definition) is 1. The van der Waals surface area contributed by atoms with Crippen molar-refractivity contribution in [3.8, 4) is 0 Å². The Bertz CT molecular complexity index is 491. The SMILES string of the molecule is CCc1ccc(C(C)Nc2ccc(F)nc2)cc1. The summed E-state index contributed by atoms with van der Waals surface area (Å²) >= 11 is 0. The van der Waals surface area contributed by atoms with E-state index in [1.807, 2.05) is 0 Å². The number of nitrogens with zero attached hydrogens (tertiary/aromatic N) is 1. The van der Waals surface area contributed by atoms with Gasteiger partial charge in [0.15, 0.2) is 0 Å². The second-order valence-corrected chi connectivity index (χ2v) is 4.33. The zero-order chi connectivity index (χ0) is 13.0. The average Bonchev–Trinajstić information content (AvgIpc) is 2.41. The van der Waals surface area contributed by atoms with Gasteiger partial charge < -0.3 is 5.32 Å². The van der Waals surface area contributed by atoms with Crippen LogP contribution in [0.3, 0.4) is 0 Å². The first-order valence-corrected chi connectivity index (χ1v) is 6.16. The smallest absolute Gasteiger partial charge is 0.212 e. The van der Waals surface area contributed by atoms with Gasteiger partial charge in [-0.1, -0.05) is 31.2 Å². The van der Waals surface area contributed by atoms with Gasteiger partial charge in [0, 0.05) is 6.04 Å². The van der Waals surface area contributed by atoms with Gasteiger partial charge in [-0.25, -0.2) is 4.98 Å². The first-order valence-electron chi connectivity index (χ1n) is 6.16.